The summed E-state index contributed by atoms with van der Waals surface area (Å²) in [5.74, 6) is 0.660. The molecule has 0 radical (unpaired) electrons. The predicted octanol–water partition coefficient (Wildman–Crippen LogP) is 4.80. The fraction of sp³-hybridized carbons (Fsp3) is 0.531. The SMILES string of the molecule is CS(=O)(=O)N(c1ccc2cc(-c3nc4cc(C(=O)N5[C@@H]6CC[C@@H](N)[C@H]5CC6)ccn4c3CC3CC3)n(CC3CC3)c2n1)C(F)F. The number of anilines is 1. The highest BCUT2D eigenvalue weighted by atomic mass is 32.2. The first-order chi connectivity index (χ1) is 21.6. The number of rotatable bonds is 9. The third-order valence-electron chi connectivity index (χ3n) is 10.1. The number of carbonyl (C=O) groups excluding carboxylic acids is 1. The highest BCUT2D eigenvalue weighted by Gasteiger charge is 2.44. The van der Waals surface area contributed by atoms with Gasteiger partial charge in [-0.1, -0.05) is 0 Å². The fourth-order valence-corrected chi connectivity index (χ4v) is 8.21. The van der Waals surface area contributed by atoms with Gasteiger partial charge in [-0.2, -0.15) is 13.1 Å². The second-order valence-electron chi connectivity index (χ2n) is 13.5. The number of hydrogen-bond donors (Lipinski definition) is 1. The Morgan fingerprint density at radius 1 is 1.02 bits per heavy atom. The van der Waals surface area contributed by atoms with Crippen LogP contribution in [0.4, 0.5) is 14.6 Å². The van der Waals surface area contributed by atoms with Crippen LogP contribution < -0.4 is 10.0 Å². The minimum Gasteiger partial charge on any atom is -0.331 e. The van der Waals surface area contributed by atoms with Crippen molar-refractivity contribution in [3.63, 3.8) is 0 Å². The summed E-state index contributed by atoms with van der Waals surface area (Å²) in [5, 5.41) is 0.722. The molecule has 2 N–H and O–H groups in total. The van der Waals surface area contributed by atoms with Gasteiger partial charge in [0.2, 0.25) is 10.0 Å². The first kappa shape index (κ1) is 28.9. The standard InChI is InChI=1S/C32H37F2N7O3S/c1-45(43,44)41(32(33)34)27-11-6-20-15-26(39(30(20)37-27)17-19-4-5-19)29-25(14-18-2-3-18)38-13-12-21(16-28(38)36-29)31(42)40-22-7-9-23(35)24(40)10-8-22/h6,11-13,15-16,18-19,22-24,32H,2-5,7-10,14,17,35H2,1H3/t22-,23-,24-/m1/s1. The van der Waals surface area contributed by atoms with Crippen LogP contribution in [-0.4, -0.2) is 69.1 Å². The minimum atomic E-state index is -4.25. The Labute approximate surface area is 260 Å². The summed E-state index contributed by atoms with van der Waals surface area (Å²) in [6.07, 6.45) is 11.7. The summed E-state index contributed by atoms with van der Waals surface area (Å²) >= 11 is 0. The molecule has 8 rings (SSSR count). The van der Waals surface area contributed by atoms with Crippen molar-refractivity contribution in [2.75, 3.05) is 10.6 Å². The molecule has 4 aliphatic rings. The second kappa shape index (κ2) is 10.5. The molecule has 2 bridgehead atoms. The van der Waals surface area contributed by atoms with Crippen molar-refractivity contribution in [3.8, 4) is 11.4 Å². The van der Waals surface area contributed by atoms with Crippen LogP contribution >= 0.6 is 0 Å². The summed E-state index contributed by atoms with van der Waals surface area (Å²) in [7, 11) is -4.25. The van der Waals surface area contributed by atoms with Crippen molar-refractivity contribution in [1.29, 1.82) is 0 Å². The third-order valence-corrected chi connectivity index (χ3v) is 11.2. The maximum absolute atomic E-state index is 13.9. The van der Waals surface area contributed by atoms with E-state index in [1.165, 1.54) is 6.07 Å². The molecular weight excluding hydrogens is 600 g/mol. The summed E-state index contributed by atoms with van der Waals surface area (Å²) < 4.78 is 56.4. The first-order valence-electron chi connectivity index (χ1n) is 15.9. The molecule has 2 saturated carbocycles. The fourth-order valence-electron chi connectivity index (χ4n) is 7.48. The van der Waals surface area contributed by atoms with E-state index in [1.54, 1.807) is 6.07 Å². The Morgan fingerprint density at radius 2 is 1.78 bits per heavy atom. The Bertz CT molecular complexity index is 1930. The number of carbonyl (C=O) groups is 1. The Kier molecular flexibility index (Phi) is 6.72. The minimum absolute atomic E-state index is 0.00230. The number of halogens is 2. The van der Waals surface area contributed by atoms with E-state index in [0.717, 1.165) is 86.5 Å². The van der Waals surface area contributed by atoms with E-state index in [-0.39, 0.29) is 34.2 Å². The van der Waals surface area contributed by atoms with Gasteiger partial charge in [0.15, 0.2) is 0 Å². The van der Waals surface area contributed by atoms with Crippen LogP contribution in [0.25, 0.3) is 28.1 Å². The van der Waals surface area contributed by atoms with Crippen LogP contribution in [0.2, 0.25) is 0 Å². The number of aromatic nitrogens is 4. The normalized spacial score (nSPS) is 23.5. The molecule has 2 aliphatic heterocycles. The zero-order valence-corrected chi connectivity index (χ0v) is 26.0. The van der Waals surface area contributed by atoms with Crippen molar-refractivity contribution in [3.05, 3.63) is 47.8 Å². The Morgan fingerprint density at radius 3 is 2.49 bits per heavy atom. The largest absolute Gasteiger partial charge is 0.331 e. The summed E-state index contributed by atoms with van der Waals surface area (Å²) in [6.45, 7) is -2.63. The molecule has 238 valence electrons. The molecule has 45 heavy (non-hydrogen) atoms. The van der Waals surface area contributed by atoms with E-state index in [0.29, 0.717) is 35.2 Å². The number of sulfonamides is 1. The molecule has 6 heterocycles. The third kappa shape index (κ3) is 5.08. The molecule has 10 nitrogen and oxygen atoms in total. The average Bonchev–Trinajstić information content (AvgIpc) is 3.90. The van der Waals surface area contributed by atoms with Crippen LogP contribution in [-0.2, 0) is 23.0 Å². The van der Waals surface area contributed by atoms with Crippen LogP contribution in [0.5, 0.6) is 0 Å². The molecule has 2 aliphatic carbocycles. The summed E-state index contributed by atoms with van der Waals surface area (Å²) in [6, 6.07) is 9.02. The maximum atomic E-state index is 13.9. The number of fused-ring (bicyclic) bond motifs is 4. The predicted molar refractivity (Wildman–Crippen MR) is 167 cm³/mol. The molecule has 4 fully saturated rings. The van der Waals surface area contributed by atoms with Crippen LogP contribution in [0.1, 0.15) is 67.4 Å². The van der Waals surface area contributed by atoms with Gasteiger partial charge in [0.05, 0.1) is 17.6 Å². The number of nitrogens with zero attached hydrogens (tertiary/aromatic N) is 6. The van der Waals surface area contributed by atoms with Gasteiger partial charge in [-0.3, -0.25) is 4.79 Å². The summed E-state index contributed by atoms with van der Waals surface area (Å²) in [4.78, 5) is 25.4. The van der Waals surface area contributed by atoms with Gasteiger partial charge in [0.25, 0.3) is 5.91 Å². The highest BCUT2D eigenvalue weighted by Crippen LogP contribution is 2.41. The lowest BCUT2D eigenvalue weighted by atomic mass is 9.97. The number of pyridine rings is 2. The van der Waals surface area contributed by atoms with Crippen molar-refractivity contribution in [2.24, 2.45) is 17.6 Å². The lowest BCUT2D eigenvalue weighted by Crippen LogP contribution is -2.53. The van der Waals surface area contributed by atoms with E-state index < -0.39 is 16.6 Å². The topological polar surface area (TPSA) is 119 Å². The number of nitrogens with two attached hydrogens (primary N) is 1. The molecule has 13 heteroatoms. The molecule has 0 aromatic carbocycles. The highest BCUT2D eigenvalue weighted by molar-refractivity contribution is 7.92. The average molecular weight is 638 g/mol. The molecule has 0 spiro atoms. The van der Waals surface area contributed by atoms with Crippen molar-refractivity contribution < 1.29 is 22.0 Å². The van der Waals surface area contributed by atoms with E-state index in [4.69, 9.17) is 10.7 Å². The lowest BCUT2D eigenvalue weighted by molar-refractivity contribution is 0.0562. The van der Waals surface area contributed by atoms with Crippen LogP contribution in [0.15, 0.2) is 36.5 Å². The molecule has 3 atom stereocenters. The van der Waals surface area contributed by atoms with E-state index >= 15 is 0 Å². The van der Waals surface area contributed by atoms with Crippen LogP contribution in [0.3, 0.4) is 0 Å². The van der Waals surface area contributed by atoms with Crippen LogP contribution in [0, 0.1) is 11.8 Å². The molecule has 4 aromatic rings. The number of imidazole rings is 1. The van der Waals surface area contributed by atoms with E-state index in [1.807, 2.05) is 33.9 Å². The van der Waals surface area contributed by atoms with Gasteiger partial charge in [-0.15, -0.1) is 0 Å². The number of alkyl halides is 2. The maximum Gasteiger partial charge on any atom is 0.329 e. The van der Waals surface area contributed by atoms with Gasteiger partial charge in [0, 0.05) is 41.8 Å². The summed E-state index contributed by atoms with van der Waals surface area (Å²) in [5.41, 5.74) is 10.8. The number of amides is 1. The van der Waals surface area contributed by atoms with Gasteiger partial charge in [-0.05, 0) is 100.0 Å². The molecular formula is C32H37F2N7O3S. The molecule has 1 amide bonds. The first-order valence-corrected chi connectivity index (χ1v) is 17.8. The number of piperidine rings is 1. The molecule has 2 saturated heterocycles. The zero-order chi connectivity index (χ0) is 31.2. The second-order valence-corrected chi connectivity index (χ2v) is 15.3. The van der Waals surface area contributed by atoms with Crippen molar-refractivity contribution >= 4 is 38.4 Å². The zero-order valence-electron chi connectivity index (χ0n) is 25.1. The monoisotopic (exact) mass is 637 g/mol. The molecule has 0 unspecified atom stereocenters. The quantitative estimate of drug-likeness (QED) is 0.264. The van der Waals surface area contributed by atoms with E-state index in [2.05, 4.69) is 9.38 Å². The van der Waals surface area contributed by atoms with Crippen molar-refractivity contribution in [2.45, 2.75) is 89.0 Å². The number of hydrogen-bond acceptors (Lipinski definition) is 6. The van der Waals surface area contributed by atoms with Gasteiger partial charge >= 0.3 is 6.55 Å². The molecule has 4 aromatic heterocycles. The Balaban J connectivity index is 1.25. The van der Waals surface area contributed by atoms with Gasteiger partial charge in [-0.25, -0.2) is 18.4 Å². The lowest BCUT2D eigenvalue weighted by Gasteiger charge is -2.38. The van der Waals surface area contributed by atoms with E-state index in [9.17, 15) is 22.0 Å². The van der Waals surface area contributed by atoms with Gasteiger partial charge < -0.3 is 19.6 Å². The van der Waals surface area contributed by atoms with Gasteiger partial charge in [0.1, 0.15) is 22.8 Å². The Hall–Kier alpha value is -3.58. The van der Waals surface area contributed by atoms with Crippen molar-refractivity contribution in [1.82, 2.24) is 23.8 Å². The smallest absolute Gasteiger partial charge is 0.329 e.